The minimum atomic E-state index is 0.359. The number of benzene rings is 1. The summed E-state index contributed by atoms with van der Waals surface area (Å²) in [5.74, 6) is 0.958. The highest BCUT2D eigenvalue weighted by Gasteiger charge is 2.13. The number of hydrogen-bond acceptors (Lipinski definition) is 3. The Hall–Kier alpha value is -1.81. The summed E-state index contributed by atoms with van der Waals surface area (Å²) in [4.78, 5) is 4.04. The van der Waals surface area contributed by atoms with Gasteiger partial charge in [0.1, 0.15) is 5.75 Å². The van der Waals surface area contributed by atoms with Crippen molar-refractivity contribution in [2.24, 2.45) is 0 Å². The van der Waals surface area contributed by atoms with Gasteiger partial charge in [0, 0.05) is 24.5 Å². The predicted molar refractivity (Wildman–Crippen MR) is 62.7 cm³/mol. The fourth-order valence-corrected chi connectivity index (χ4v) is 2.06. The van der Waals surface area contributed by atoms with Crippen molar-refractivity contribution in [1.29, 1.82) is 0 Å². The smallest absolute Gasteiger partial charge is 0.189 e. The van der Waals surface area contributed by atoms with Gasteiger partial charge >= 0.3 is 0 Å². The molecular formula is C13H14N2O2. The quantitative estimate of drug-likeness (QED) is 0.809. The molecule has 0 saturated heterocycles. The van der Waals surface area contributed by atoms with Crippen molar-refractivity contribution in [3.05, 3.63) is 48.0 Å². The summed E-state index contributed by atoms with van der Waals surface area (Å²) in [6.07, 6.45) is 6.57. The average Bonchev–Trinajstić information content (AvgIpc) is 2.89. The first-order valence-corrected chi connectivity index (χ1v) is 5.70. The molecule has 1 aliphatic rings. The van der Waals surface area contributed by atoms with Gasteiger partial charge in [0.2, 0.25) is 0 Å². The summed E-state index contributed by atoms with van der Waals surface area (Å²) in [7, 11) is 0. The zero-order valence-electron chi connectivity index (χ0n) is 9.50. The Morgan fingerprint density at radius 2 is 2.35 bits per heavy atom. The van der Waals surface area contributed by atoms with Crippen LogP contribution in [0.1, 0.15) is 11.1 Å². The number of hydrogen-bond donors (Lipinski definition) is 0. The SMILES string of the molecule is c1cc(CCn2ccnc2)c2c(c1)OCOC2. The molecule has 1 aromatic heterocycles. The highest BCUT2D eigenvalue weighted by molar-refractivity contribution is 5.40. The molecule has 4 nitrogen and oxygen atoms in total. The summed E-state index contributed by atoms with van der Waals surface area (Å²) in [6, 6.07) is 6.17. The second-order valence-electron chi connectivity index (χ2n) is 4.05. The van der Waals surface area contributed by atoms with Gasteiger partial charge in [-0.25, -0.2) is 4.98 Å². The van der Waals surface area contributed by atoms with E-state index in [2.05, 4.69) is 15.6 Å². The van der Waals surface area contributed by atoms with Gasteiger partial charge in [-0.3, -0.25) is 0 Å². The summed E-state index contributed by atoms with van der Waals surface area (Å²) in [5.41, 5.74) is 2.47. The van der Waals surface area contributed by atoms with Gasteiger partial charge in [-0.15, -0.1) is 0 Å². The van der Waals surface area contributed by atoms with Crippen molar-refractivity contribution in [3.63, 3.8) is 0 Å². The normalized spacial score (nSPS) is 14.1. The molecule has 0 aliphatic carbocycles. The fraction of sp³-hybridized carbons (Fsp3) is 0.308. The molecule has 1 aromatic carbocycles. The second-order valence-corrected chi connectivity index (χ2v) is 4.05. The number of ether oxygens (including phenoxy) is 2. The monoisotopic (exact) mass is 230 g/mol. The molecular weight excluding hydrogens is 216 g/mol. The summed E-state index contributed by atoms with van der Waals surface area (Å²) < 4.78 is 12.9. The molecule has 0 saturated carbocycles. The molecule has 0 radical (unpaired) electrons. The standard InChI is InChI=1S/C13H14N2O2/c1-2-11(4-6-15-7-5-14-9-15)12-8-16-10-17-13(12)3-1/h1-3,5,7,9H,4,6,8,10H2. The molecule has 2 heterocycles. The lowest BCUT2D eigenvalue weighted by Crippen LogP contribution is -2.13. The van der Waals surface area contributed by atoms with E-state index in [-0.39, 0.29) is 0 Å². The lowest BCUT2D eigenvalue weighted by Gasteiger charge is -2.20. The summed E-state index contributed by atoms with van der Waals surface area (Å²) in [6.45, 7) is 1.93. The van der Waals surface area contributed by atoms with Crippen LogP contribution < -0.4 is 4.74 Å². The molecule has 17 heavy (non-hydrogen) atoms. The Balaban J connectivity index is 1.78. The van der Waals surface area contributed by atoms with E-state index in [9.17, 15) is 0 Å². The molecule has 88 valence electrons. The third kappa shape index (κ3) is 2.17. The Bertz CT molecular complexity index is 494. The molecule has 1 aliphatic heterocycles. The topological polar surface area (TPSA) is 36.3 Å². The van der Waals surface area contributed by atoms with E-state index in [0.29, 0.717) is 13.4 Å². The predicted octanol–water partition coefficient (Wildman–Crippen LogP) is 1.99. The van der Waals surface area contributed by atoms with Crippen molar-refractivity contribution < 1.29 is 9.47 Å². The van der Waals surface area contributed by atoms with Gasteiger partial charge in [-0.2, -0.15) is 0 Å². The minimum Gasteiger partial charge on any atom is -0.467 e. The molecule has 0 fully saturated rings. The largest absolute Gasteiger partial charge is 0.467 e. The number of fused-ring (bicyclic) bond motifs is 1. The highest BCUT2D eigenvalue weighted by Crippen LogP contribution is 2.27. The average molecular weight is 230 g/mol. The van der Waals surface area contributed by atoms with Crippen molar-refractivity contribution in [2.75, 3.05) is 6.79 Å². The van der Waals surface area contributed by atoms with Crippen LogP contribution in [-0.2, 0) is 24.3 Å². The molecule has 0 bridgehead atoms. The van der Waals surface area contributed by atoms with Gasteiger partial charge in [-0.1, -0.05) is 12.1 Å². The lowest BCUT2D eigenvalue weighted by atomic mass is 10.0. The van der Waals surface area contributed by atoms with Crippen LogP contribution in [-0.4, -0.2) is 16.3 Å². The van der Waals surface area contributed by atoms with Crippen LogP contribution in [0.15, 0.2) is 36.9 Å². The van der Waals surface area contributed by atoms with Gasteiger partial charge in [0.05, 0.1) is 12.9 Å². The van der Waals surface area contributed by atoms with Crippen LogP contribution in [0.25, 0.3) is 0 Å². The zero-order chi connectivity index (χ0) is 11.5. The molecule has 0 spiro atoms. The highest BCUT2D eigenvalue weighted by atomic mass is 16.7. The van der Waals surface area contributed by atoms with E-state index in [1.807, 2.05) is 24.7 Å². The number of imidazole rings is 1. The molecule has 0 unspecified atom stereocenters. The Labute approximate surface area is 99.8 Å². The lowest BCUT2D eigenvalue weighted by molar-refractivity contribution is -0.0168. The van der Waals surface area contributed by atoms with Crippen molar-refractivity contribution >= 4 is 0 Å². The van der Waals surface area contributed by atoms with Crippen LogP contribution in [0.4, 0.5) is 0 Å². The van der Waals surface area contributed by atoms with Gasteiger partial charge in [-0.05, 0) is 18.1 Å². The maximum absolute atomic E-state index is 5.46. The summed E-state index contributed by atoms with van der Waals surface area (Å²) in [5, 5.41) is 0. The van der Waals surface area contributed by atoms with Crippen LogP contribution in [0.2, 0.25) is 0 Å². The Morgan fingerprint density at radius 3 is 3.24 bits per heavy atom. The van der Waals surface area contributed by atoms with Crippen LogP contribution >= 0.6 is 0 Å². The first kappa shape index (κ1) is 10.4. The molecule has 0 amide bonds. The second kappa shape index (κ2) is 4.59. The molecule has 0 N–H and O–H groups in total. The van der Waals surface area contributed by atoms with Gasteiger partial charge in [0.15, 0.2) is 6.79 Å². The number of aryl methyl sites for hydroxylation is 2. The van der Waals surface area contributed by atoms with E-state index < -0.39 is 0 Å². The zero-order valence-corrected chi connectivity index (χ0v) is 9.50. The van der Waals surface area contributed by atoms with Crippen molar-refractivity contribution in [2.45, 2.75) is 19.6 Å². The molecule has 2 aromatic rings. The third-order valence-electron chi connectivity index (χ3n) is 2.97. The van der Waals surface area contributed by atoms with E-state index in [1.165, 1.54) is 11.1 Å². The Kier molecular flexibility index (Phi) is 2.80. The van der Waals surface area contributed by atoms with E-state index >= 15 is 0 Å². The maximum atomic E-state index is 5.46. The molecule has 4 heteroatoms. The molecule has 3 rings (SSSR count). The number of nitrogens with zero attached hydrogens (tertiary/aromatic N) is 2. The summed E-state index contributed by atoms with van der Waals surface area (Å²) >= 11 is 0. The first-order chi connectivity index (χ1) is 8.43. The van der Waals surface area contributed by atoms with Gasteiger partial charge < -0.3 is 14.0 Å². The van der Waals surface area contributed by atoms with Crippen LogP contribution in [0, 0.1) is 0 Å². The minimum absolute atomic E-state index is 0.359. The fourth-order valence-electron chi connectivity index (χ4n) is 2.06. The van der Waals surface area contributed by atoms with E-state index in [0.717, 1.165) is 18.7 Å². The van der Waals surface area contributed by atoms with Gasteiger partial charge in [0.25, 0.3) is 0 Å². The maximum Gasteiger partial charge on any atom is 0.189 e. The van der Waals surface area contributed by atoms with E-state index in [1.54, 1.807) is 6.20 Å². The third-order valence-corrected chi connectivity index (χ3v) is 2.97. The Morgan fingerprint density at radius 1 is 1.35 bits per heavy atom. The number of aromatic nitrogens is 2. The number of rotatable bonds is 3. The van der Waals surface area contributed by atoms with E-state index in [4.69, 9.17) is 9.47 Å². The van der Waals surface area contributed by atoms with Crippen LogP contribution in [0.5, 0.6) is 5.75 Å². The van der Waals surface area contributed by atoms with Crippen molar-refractivity contribution in [1.82, 2.24) is 9.55 Å². The first-order valence-electron chi connectivity index (χ1n) is 5.70. The van der Waals surface area contributed by atoms with Crippen LogP contribution in [0.3, 0.4) is 0 Å². The molecule has 0 atom stereocenters. The van der Waals surface area contributed by atoms with Crippen molar-refractivity contribution in [3.8, 4) is 5.75 Å².